The molecule has 1 aliphatic heterocycles. The molecule has 0 aliphatic carbocycles. The molecule has 1 atom stereocenters. The van der Waals surface area contributed by atoms with Crippen LogP contribution in [0.1, 0.15) is 29.2 Å². The van der Waals surface area contributed by atoms with E-state index in [1.54, 1.807) is 13.0 Å². The SMILES string of the molecule is Cc1cc(CO)c([C@@H]2CCN2)cc1F. The van der Waals surface area contributed by atoms with Crippen LogP contribution in [-0.4, -0.2) is 11.7 Å². The molecular weight excluding hydrogens is 181 g/mol. The van der Waals surface area contributed by atoms with Crippen LogP contribution in [0.5, 0.6) is 0 Å². The molecule has 0 unspecified atom stereocenters. The van der Waals surface area contributed by atoms with E-state index in [-0.39, 0.29) is 18.5 Å². The zero-order valence-corrected chi connectivity index (χ0v) is 8.18. The molecule has 1 aliphatic rings. The standard InChI is InChI=1S/C11H14FNO/c1-7-4-8(6-14)9(5-10(7)12)11-2-3-13-11/h4-5,11,13-14H,2-3,6H2,1H3/t11-/m0/s1. The van der Waals surface area contributed by atoms with Gasteiger partial charge in [-0.25, -0.2) is 4.39 Å². The second-order valence-electron chi connectivity index (χ2n) is 3.75. The van der Waals surface area contributed by atoms with Gasteiger partial charge in [-0.15, -0.1) is 0 Å². The van der Waals surface area contributed by atoms with Crippen molar-refractivity contribution in [2.24, 2.45) is 0 Å². The van der Waals surface area contributed by atoms with Gasteiger partial charge in [-0.2, -0.15) is 0 Å². The number of nitrogens with one attached hydrogen (secondary N) is 1. The Morgan fingerprint density at radius 2 is 2.29 bits per heavy atom. The van der Waals surface area contributed by atoms with Crippen molar-refractivity contribution in [3.8, 4) is 0 Å². The molecule has 0 saturated carbocycles. The van der Waals surface area contributed by atoms with Crippen molar-refractivity contribution in [1.82, 2.24) is 5.32 Å². The fourth-order valence-electron chi connectivity index (χ4n) is 1.77. The number of aliphatic hydroxyl groups is 1. The van der Waals surface area contributed by atoms with Crippen molar-refractivity contribution in [2.45, 2.75) is 26.0 Å². The summed E-state index contributed by atoms with van der Waals surface area (Å²) in [5, 5.41) is 12.4. The van der Waals surface area contributed by atoms with E-state index in [1.165, 1.54) is 6.07 Å². The van der Waals surface area contributed by atoms with Gasteiger partial charge in [-0.05, 0) is 42.6 Å². The van der Waals surface area contributed by atoms with Gasteiger partial charge in [0.1, 0.15) is 5.82 Å². The third-order valence-corrected chi connectivity index (χ3v) is 2.79. The predicted octanol–water partition coefficient (Wildman–Crippen LogP) is 1.66. The fourth-order valence-corrected chi connectivity index (χ4v) is 1.77. The Bertz CT molecular complexity index is 347. The number of aliphatic hydroxyl groups excluding tert-OH is 1. The van der Waals surface area contributed by atoms with E-state index in [0.717, 1.165) is 24.1 Å². The minimum Gasteiger partial charge on any atom is -0.392 e. The lowest BCUT2D eigenvalue weighted by atomic mass is 9.92. The number of aryl methyl sites for hydroxylation is 1. The number of hydrogen-bond acceptors (Lipinski definition) is 2. The topological polar surface area (TPSA) is 32.3 Å². The summed E-state index contributed by atoms with van der Waals surface area (Å²) in [6, 6.07) is 3.50. The maximum atomic E-state index is 13.3. The van der Waals surface area contributed by atoms with Crippen molar-refractivity contribution >= 4 is 0 Å². The predicted molar refractivity (Wildman–Crippen MR) is 52.4 cm³/mol. The van der Waals surface area contributed by atoms with Gasteiger partial charge in [-0.1, -0.05) is 6.07 Å². The average molecular weight is 195 g/mol. The van der Waals surface area contributed by atoms with Gasteiger partial charge in [0, 0.05) is 6.04 Å². The number of benzene rings is 1. The van der Waals surface area contributed by atoms with Crippen LogP contribution in [0, 0.1) is 12.7 Å². The zero-order chi connectivity index (χ0) is 10.1. The summed E-state index contributed by atoms with van der Waals surface area (Å²) in [6.45, 7) is 2.67. The Balaban J connectivity index is 2.40. The highest BCUT2D eigenvalue weighted by atomic mass is 19.1. The number of hydrogen-bond donors (Lipinski definition) is 2. The molecule has 0 bridgehead atoms. The highest BCUT2D eigenvalue weighted by Crippen LogP contribution is 2.28. The average Bonchev–Trinajstić information content (AvgIpc) is 2.08. The van der Waals surface area contributed by atoms with Crippen molar-refractivity contribution < 1.29 is 9.50 Å². The normalized spacial score (nSPS) is 20.6. The molecule has 1 aromatic rings. The van der Waals surface area contributed by atoms with E-state index >= 15 is 0 Å². The van der Waals surface area contributed by atoms with E-state index in [2.05, 4.69) is 5.32 Å². The minimum absolute atomic E-state index is 0.0192. The van der Waals surface area contributed by atoms with Gasteiger partial charge >= 0.3 is 0 Å². The second kappa shape index (κ2) is 3.67. The van der Waals surface area contributed by atoms with Gasteiger partial charge in [0.25, 0.3) is 0 Å². The lowest BCUT2D eigenvalue weighted by molar-refractivity contribution is 0.275. The Labute approximate surface area is 82.8 Å². The first-order chi connectivity index (χ1) is 6.72. The molecule has 1 saturated heterocycles. The van der Waals surface area contributed by atoms with Crippen LogP contribution in [0.4, 0.5) is 4.39 Å². The number of halogens is 1. The highest BCUT2D eigenvalue weighted by molar-refractivity contribution is 5.35. The minimum atomic E-state index is -0.189. The summed E-state index contributed by atoms with van der Waals surface area (Å²) in [4.78, 5) is 0. The summed E-state index contributed by atoms with van der Waals surface area (Å²) >= 11 is 0. The summed E-state index contributed by atoms with van der Waals surface area (Å²) in [5.41, 5.74) is 2.33. The van der Waals surface area contributed by atoms with Crippen molar-refractivity contribution in [1.29, 1.82) is 0 Å². The summed E-state index contributed by atoms with van der Waals surface area (Å²) in [6.07, 6.45) is 1.02. The first-order valence-corrected chi connectivity index (χ1v) is 4.85. The van der Waals surface area contributed by atoms with Crippen LogP contribution in [-0.2, 0) is 6.61 Å². The van der Waals surface area contributed by atoms with E-state index in [4.69, 9.17) is 5.11 Å². The van der Waals surface area contributed by atoms with Crippen LogP contribution >= 0.6 is 0 Å². The number of rotatable bonds is 2. The quantitative estimate of drug-likeness (QED) is 0.752. The molecule has 0 amide bonds. The van der Waals surface area contributed by atoms with Crippen LogP contribution in [0.2, 0.25) is 0 Å². The van der Waals surface area contributed by atoms with E-state index in [1.807, 2.05) is 0 Å². The van der Waals surface area contributed by atoms with Crippen LogP contribution < -0.4 is 5.32 Å². The zero-order valence-electron chi connectivity index (χ0n) is 8.18. The monoisotopic (exact) mass is 195 g/mol. The Kier molecular flexibility index (Phi) is 2.52. The molecule has 14 heavy (non-hydrogen) atoms. The Hall–Kier alpha value is -0.930. The molecule has 76 valence electrons. The third kappa shape index (κ3) is 1.53. The highest BCUT2D eigenvalue weighted by Gasteiger charge is 2.22. The maximum absolute atomic E-state index is 13.3. The van der Waals surface area contributed by atoms with Crippen LogP contribution in [0.15, 0.2) is 12.1 Å². The molecule has 0 aromatic heterocycles. The molecule has 2 rings (SSSR count). The summed E-state index contributed by atoms with van der Waals surface area (Å²) < 4.78 is 13.3. The Morgan fingerprint density at radius 1 is 1.57 bits per heavy atom. The summed E-state index contributed by atoms with van der Waals surface area (Å²) in [5.74, 6) is -0.189. The fraction of sp³-hybridized carbons (Fsp3) is 0.455. The van der Waals surface area contributed by atoms with Crippen molar-refractivity contribution in [3.05, 3.63) is 34.6 Å². The molecule has 2 nitrogen and oxygen atoms in total. The molecule has 1 fully saturated rings. The van der Waals surface area contributed by atoms with E-state index in [9.17, 15) is 4.39 Å². The Morgan fingerprint density at radius 3 is 2.79 bits per heavy atom. The van der Waals surface area contributed by atoms with Gasteiger partial charge in [0.2, 0.25) is 0 Å². The largest absolute Gasteiger partial charge is 0.392 e. The first-order valence-electron chi connectivity index (χ1n) is 4.85. The molecule has 1 aromatic carbocycles. The van der Waals surface area contributed by atoms with E-state index < -0.39 is 0 Å². The molecule has 0 spiro atoms. The van der Waals surface area contributed by atoms with Crippen LogP contribution in [0.25, 0.3) is 0 Å². The molecule has 2 N–H and O–H groups in total. The van der Waals surface area contributed by atoms with Gasteiger partial charge in [0.15, 0.2) is 0 Å². The lowest BCUT2D eigenvalue weighted by Crippen LogP contribution is -2.35. The first kappa shape index (κ1) is 9.62. The van der Waals surface area contributed by atoms with E-state index in [0.29, 0.717) is 5.56 Å². The summed E-state index contributed by atoms with van der Waals surface area (Å²) in [7, 11) is 0. The lowest BCUT2D eigenvalue weighted by Gasteiger charge is -2.29. The molecule has 0 radical (unpaired) electrons. The second-order valence-corrected chi connectivity index (χ2v) is 3.75. The van der Waals surface area contributed by atoms with Gasteiger partial charge in [0.05, 0.1) is 6.61 Å². The molecule has 1 heterocycles. The third-order valence-electron chi connectivity index (χ3n) is 2.79. The van der Waals surface area contributed by atoms with Gasteiger partial charge < -0.3 is 10.4 Å². The molecule has 3 heteroatoms. The molecular formula is C11H14FNO. The van der Waals surface area contributed by atoms with Gasteiger partial charge in [-0.3, -0.25) is 0 Å². The smallest absolute Gasteiger partial charge is 0.126 e. The van der Waals surface area contributed by atoms with Crippen molar-refractivity contribution in [3.63, 3.8) is 0 Å². The maximum Gasteiger partial charge on any atom is 0.126 e. The van der Waals surface area contributed by atoms with Crippen molar-refractivity contribution in [2.75, 3.05) is 6.54 Å². The van der Waals surface area contributed by atoms with Crippen LogP contribution in [0.3, 0.4) is 0 Å².